The lowest BCUT2D eigenvalue weighted by Crippen LogP contribution is -2.17. The molecule has 0 aliphatic heterocycles. The van der Waals surface area contributed by atoms with Gasteiger partial charge in [-0.1, -0.05) is 0 Å². The highest BCUT2D eigenvalue weighted by atomic mass is 19.1. The maximum absolute atomic E-state index is 13.0. The average Bonchev–Trinajstić information content (AvgIpc) is 2.37. The number of aromatic nitrogens is 1. The number of nitrogens with one attached hydrogen (secondary N) is 2. The molecule has 0 atom stereocenters. The first-order valence-corrected chi connectivity index (χ1v) is 5.28. The van der Waals surface area contributed by atoms with Gasteiger partial charge in [-0.15, -0.1) is 0 Å². The molecule has 19 heavy (non-hydrogen) atoms. The Labute approximate surface area is 107 Å². The number of amides is 1. The molecule has 0 aliphatic carbocycles. The van der Waals surface area contributed by atoms with Crippen LogP contribution in [0.15, 0.2) is 36.7 Å². The number of carbonyl (C=O) groups excluding carboxylic acids is 1. The van der Waals surface area contributed by atoms with Crippen LogP contribution < -0.4 is 16.6 Å². The van der Waals surface area contributed by atoms with Crippen LogP contribution in [0.25, 0.3) is 0 Å². The Morgan fingerprint density at radius 3 is 2.53 bits per heavy atom. The van der Waals surface area contributed by atoms with Crippen LogP contribution in [0, 0.1) is 11.6 Å². The standard InChI is InChI=1S/C12H10F2N4O/c13-7-3-8(14)5-9(4-7)17-12(19)10-1-2-16-6-11(10)18-15/h1-6,18H,15H2,(H,17,19). The smallest absolute Gasteiger partial charge is 0.257 e. The van der Waals surface area contributed by atoms with Crippen molar-refractivity contribution in [1.82, 2.24) is 4.98 Å². The minimum atomic E-state index is -0.776. The van der Waals surface area contributed by atoms with Gasteiger partial charge < -0.3 is 10.7 Å². The topological polar surface area (TPSA) is 80.0 Å². The second-order valence-electron chi connectivity index (χ2n) is 3.68. The van der Waals surface area contributed by atoms with Gasteiger partial charge in [0.15, 0.2) is 0 Å². The van der Waals surface area contributed by atoms with Crippen molar-refractivity contribution in [1.29, 1.82) is 0 Å². The van der Waals surface area contributed by atoms with Crippen molar-refractivity contribution in [3.8, 4) is 0 Å². The van der Waals surface area contributed by atoms with Gasteiger partial charge in [0.2, 0.25) is 0 Å². The van der Waals surface area contributed by atoms with E-state index in [2.05, 4.69) is 15.7 Å². The Hall–Kier alpha value is -2.54. The molecule has 2 aromatic rings. The lowest BCUT2D eigenvalue weighted by atomic mass is 10.2. The molecule has 1 aromatic heterocycles. The largest absolute Gasteiger partial charge is 0.322 e. The van der Waals surface area contributed by atoms with Crippen molar-refractivity contribution in [3.05, 3.63) is 53.9 Å². The molecule has 0 radical (unpaired) electrons. The summed E-state index contributed by atoms with van der Waals surface area (Å²) in [5, 5.41) is 2.37. The van der Waals surface area contributed by atoms with Gasteiger partial charge in [0.1, 0.15) is 11.6 Å². The molecule has 7 heteroatoms. The molecule has 5 nitrogen and oxygen atoms in total. The van der Waals surface area contributed by atoms with Crippen molar-refractivity contribution in [2.75, 3.05) is 10.7 Å². The summed E-state index contributed by atoms with van der Waals surface area (Å²) in [6.45, 7) is 0. The highest BCUT2D eigenvalue weighted by molar-refractivity contribution is 6.07. The molecular weight excluding hydrogens is 254 g/mol. The monoisotopic (exact) mass is 264 g/mol. The molecule has 0 aliphatic rings. The van der Waals surface area contributed by atoms with Gasteiger partial charge in [-0.3, -0.25) is 15.6 Å². The number of carbonyl (C=O) groups is 1. The molecule has 0 saturated carbocycles. The van der Waals surface area contributed by atoms with E-state index in [1.54, 1.807) is 0 Å². The number of hydrogen-bond acceptors (Lipinski definition) is 4. The highest BCUT2D eigenvalue weighted by Crippen LogP contribution is 2.17. The van der Waals surface area contributed by atoms with Crippen LogP contribution in [0.1, 0.15) is 10.4 Å². The van der Waals surface area contributed by atoms with E-state index in [1.165, 1.54) is 18.5 Å². The predicted molar refractivity (Wildman–Crippen MR) is 66.4 cm³/mol. The zero-order valence-corrected chi connectivity index (χ0v) is 9.65. The Morgan fingerprint density at radius 2 is 1.89 bits per heavy atom. The maximum atomic E-state index is 13.0. The van der Waals surface area contributed by atoms with E-state index in [9.17, 15) is 13.6 Å². The number of halogens is 2. The van der Waals surface area contributed by atoms with Gasteiger partial charge in [0, 0.05) is 18.0 Å². The third-order valence-corrected chi connectivity index (χ3v) is 2.34. The summed E-state index contributed by atoms with van der Waals surface area (Å²) in [5.74, 6) is 3.13. The number of nitrogens with zero attached hydrogens (tertiary/aromatic N) is 1. The van der Waals surface area contributed by atoms with Gasteiger partial charge in [-0.25, -0.2) is 8.78 Å². The fourth-order valence-corrected chi connectivity index (χ4v) is 1.53. The van der Waals surface area contributed by atoms with Crippen molar-refractivity contribution in [2.24, 2.45) is 5.84 Å². The van der Waals surface area contributed by atoms with Crippen molar-refractivity contribution < 1.29 is 13.6 Å². The number of anilines is 2. The summed E-state index contributed by atoms with van der Waals surface area (Å²) in [6, 6.07) is 4.17. The number of rotatable bonds is 3. The predicted octanol–water partition coefficient (Wildman–Crippen LogP) is 1.90. The van der Waals surface area contributed by atoms with Crippen LogP contribution >= 0.6 is 0 Å². The Kier molecular flexibility index (Phi) is 3.67. The number of hydrazine groups is 1. The molecular formula is C12H10F2N4O. The van der Waals surface area contributed by atoms with Gasteiger partial charge in [0.25, 0.3) is 5.91 Å². The number of pyridine rings is 1. The first kappa shape index (κ1) is 12.9. The summed E-state index contributed by atoms with van der Waals surface area (Å²) in [4.78, 5) is 15.7. The van der Waals surface area contributed by atoms with Crippen LogP contribution in [0.5, 0.6) is 0 Å². The third-order valence-electron chi connectivity index (χ3n) is 2.34. The number of benzene rings is 1. The summed E-state index contributed by atoms with van der Waals surface area (Å²) in [6.07, 6.45) is 2.77. The van der Waals surface area contributed by atoms with E-state index < -0.39 is 17.5 Å². The molecule has 0 spiro atoms. The first-order chi connectivity index (χ1) is 9.10. The molecule has 1 aromatic carbocycles. The average molecular weight is 264 g/mol. The van der Waals surface area contributed by atoms with E-state index in [-0.39, 0.29) is 11.3 Å². The van der Waals surface area contributed by atoms with E-state index in [0.29, 0.717) is 5.69 Å². The molecule has 0 saturated heterocycles. The minimum absolute atomic E-state index is 0.0160. The maximum Gasteiger partial charge on any atom is 0.257 e. The molecule has 0 bridgehead atoms. The molecule has 0 unspecified atom stereocenters. The summed E-state index contributed by atoms with van der Waals surface area (Å²) < 4.78 is 26.0. The number of hydrogen-bond donors (Lipinski definition) is 3. The Bertz CT molecular complexity index is 598. The summed E-state index contributed by atoms with van der Waals surface area (Å²) in [5.41, 5.74) is 2.84. The van der Waals surface area contributed by atoms with E-state index in [1.807, 2.05) is 0 Å². The van der Waals surface area contributed by atoms with Crippen molar-refractivity contribution in [2.45, 2.75) is 0 Å². The lowest BCUT2D eigenvalue weighted by molar-refractivity contribution is 0.102. The second kappa shape index (κ2) is 5.40. The zero-order chi connectivity index (χ0) is 13.8. The molecule has 98 valence electrons. The van der Waals surface area contributed by atoms with Gasteiger partial charge >= 0.3 is 0 Å². The van der Waals surface area contributed by atoms with Crippen molar-refractivity contribution in [3.63, 3.8) is 0 Å². The lowest BCUT2D eigenvalue weighted by Gasteiger charge is -2.09. The van der Waals surface area contributed by atoms with Gasteiger partial charge in [-0.2, -0.15) is 0 Å². The van der Waals surface area contributed by atoms with Gasteiger partial charge in [0.05, 0.1) is 17.4 Å². The minimum Gasteiger partial charge on any atom is -0.322 e. The quantitative estimate of drug-likeness (QED) is 0.584. The molecule has 0 fully saturated rings. The van der Waals surface area contributed by atoms with Gasteiger partial charge in [-0.05, 0) is 18.2 Å². The molecule has 4 N–H and O–H groups in total. The third kappa shape index (κ3) is 3.02. The van der Waals surface area contributed by atoms with E-state index in [4.69, 9.17) is 5.84 Å². The molecule has 2 rings (SSSR count). The number of nitrogen functional groups attached to an aromatic ring is 1. The first-order valence-electron chi connectivity index (χ1n) is 5.28. The molecule has 1 amide bonds. The van der Waals surface area contributed by atoms with Crippen LogP contribution in [0.2, 0.25) is 0 Å². The second-order valence-corrected chi connectivity index (χ2v) is 3.68. The normalized spacial score (nSPS) is 10.1. The SMILES string of the molecule is NNc1cnccc1C(=O)Nc1cc(F)cc(F)c1. The zero-order valence-electron chi connectivity index (χ0n) is 9.65. The van der Waals surface area contributed by atoms with Crippen LogP contribution in [0.3, 0.4) is 0 Å². The summed E-state index contributed by atoms with van der Waals surface area (Å²) >= 11 is 0. The van der Waals surface area contributed by atoms with Crippen molar-refractivity contribution >= 4 is 17.3 Å². The number of nitrogens with two attached hydrogens (primary N) is 1. The Morgan fingerprint density at radius 1 is 1.21 bits per heavy atom. The van der Waals surface area contributed by atoms with Crippen LogP contribution in [-0.2, 0) is 0 Å². The van der Waals surface area contributed by atoms with E-state index in [0.717, 1.165) is 18.2 Å². The molecule has 1 heterocycles. The summed E-state index contributed by atoms with van der Waals surface area (Å²) in [7, 11) is 0. The highest BCUT2D eigenvalue weighted by Gasteiger charge is 2.12. The fourth-order valence-electron chi connectivity index (χ4n) is 1.53. The Balaban J connectivity index is 2.25. The van der Waals surface area contributed by atoms with Crippen LogP contribution in [0.4, 0.5) is 20.2 Å². The van der Waals surface area contributed by atoms with E-state index >= 15 is 0 Å². The fraction of sp³-hybridized carbons (Fsp3) is 0. The van der Waals surface area contributed by atoms with Crippen LogP contribution in [-0.4, -0.2) is 10.9 Å².